The number of hydrogen-bond donors (Lipinski definition) is 2. The largest absolute Gasteiger partial charge is 0.364 e. The number of fused-ring (bicyclic) bond motifs is 1. The molecule has 1 atom stereocenters. The predicted octanol–water partition coefficient (Wildman–Crippen LogP) is 3.42. The molecule has 2 heterocycles. The van der Waals surface area contributed by atoms with Gasteiger partial charge in [-0.2, -0.15) is 0 Å². The van der Waals surface area contributed by atoms with E-state index in [1.54, 1.807) is 24.8 Å². The minimum Gasteiger partial charge on any atom is -0.364 e. The quantitative estimate of drug-likeness (QED) is 0.791. The Morgan fingerprint density at radius 2 is 1.68 bits per heavy atom. The molecule has 1 aliphatic heterocycles. The highest BCUT2D eigenvalue weighted by Crippen LogP contribution is 2.64. The van der Waals surface area contributed by atoms with Crippen molar-refractivity contribution in [3.05, 3.63) is 23.5 Å². The highest BCUT2D eigenvalue weighted by molar-refractivity contribution is 5.31. The third kappa shape index (κ3) is 1.47. The van der Waals surface area contributed by atoms with Crippen LogP contribution in [0.2, 0.25) is 0 Å². The first kappa shape index (κ1) is 11.0. The second kappa shape index (κ2) is 3.66. The van der Waals surface area contributed by atoms with Gasteiger partial charge in [0.2, 0.25) is 0 Å². The fraction of sp³-hybridized carbons (Fsp3) is 0.765. The van der Waals surface area contributed by atoms with Gasteiger partial charge in [0, 0.05) is 30.9 Å². The molecule has 0 aromatic carbocycles. The molecule has 1 aromatic heterocycles. The van der Waals surface area contributed by atoms with Crippen molar-refractivity contribution < 1.29 is 0 Å². The van der Waals surface area contributed by atoms with Crippen LogP contribution in [0.4, 0.5) is 0 Å². The van der Waals surface area contributed by atoms with Gasteiger partial charge in [0.15, 0.2) is 0 Å². The van der Waals surface area contributed by atoms with E-state index < -0.39 is 0 Å². The summed E-state index contributed by atoms with van der Waals surface area (Å²) in [6, 6.07) is 2.37. The van der Waals surface area contributed by atoms with Crippen LogP contribution in [-0.4, -0.2) is 11.5 Å². The first-order chi connectivity index (χ1) is 9.32. The molecular formula is C17H24N2. The minimum atomic E-state index is 0.652. The monoisotopic (exact) mass is 256 g/mol. The molecule has 19 heavy (non-hydrogen) atoms. The van der Waals surface area contributed by atoms with Crippen molar-refractivity contribution in [3.8, 4) is 0 Å². The van der Waals surface area contributed by atoms with Crippen LogP contribution in [0.3, 0.4) is 0 Å². The van der Waals surface area contributed by atoms with Crippen molar-refractivity contribution >= 4 is 0 Å². The predicted molar refractivity (Wildman–Crippen MR) is 75.8 cm³/mol. The fourth-order valence-corrected chi connectivity index (χ4v) is 6.50. The second-order valence-electron chi connectivity index (χ2n) is 7.87. The molecular weight excluding hydrogens is 232 g/mol. The Bertz CT molecular complexity index is 466. The SMILES string of the molecule is c1cc2c([nH]1)CNCC2C12CC3CC(CC(C3)C1)C2. The molecule has 4 bridgehead atoms. The second-order valence-corrected chi connectivity index (χ2v) is 7.87. The van der Waals surface area contributed by atoms with Crippen LogP contribution >= 0.6 is 0 Å². The highest BCUT2D eigenvalue weighted by atomic mass is 14.9. The first-order valence-electron chi connectivity index (χ1n) is 8.19. The van der Waals surface area contributed by atoms with E-state index in [2.05, 4.69) is 22.6 Å². The van der Waals surface area contributed by atoms with Crippen molar-refractivity contribution in [2.75, 3.05) is 6.54 Å². The molecule has 2 nitrogen and oxygen atoms in total. The minimum absolute atomic E-state index is 0.652. The molecule has 0 radical (unpaired) electrons. The lowest BCUT2D eigenvalue weighted by atomic mass is 9.45. The maximum absolute atomic E-state index is 3.67. The maximum Gasteiger partial charge on any atom is 0.0360 e. The van der Waals surface area contributed by atoms with Crippen LogP contribution in [-0.2, 0) is 6.54 Å². The number of hydrogen-bond acceptors (Lipinski definition) is 1. The Labute approximate surface area is 115 Å². The molecule has 2 heteroatoms. The summed E-state index contributed by atoms with van der Waals surface area (Å²) in [6.07, 6.45) is 11.4. The standard InChI is InChI=1S/C17H24N2/c1-2-19-16-10-18-9-15(14(1)16)17-6-11-3-12(7-17)5-13(4-11)8-17/h1-2,11-13,15,18-19H,3-10H2. The van der Waals surface area contributed by atoms with Crippen molar-refractivity contribution in [1.82, 2.24) is 10.3 Å². The van der Waals surface area contributed by atoms with Crippen LogP contribution < -0.4 is 5.32 Å². The third-order valence-corrected chi connectivity index (χ3v) is 6.72. The number of aromatic amines is 1. The van der Waals surface area contributed by atoms with E-state index >= 15 is 0 Å². The summed E-state index contributed by atoms with van der Waals surface area (Å²) in [6.45, 7) is 2.27. The van der Waals surface area contributed by atoms with Crippen molar-refractivity contribution in [2.45, 2.75) is 51.0 Å². The van der Waals surface area contributed by atoms with Gasteiger partial charge in [0.25, 0.3) is 0 Å². The van der Waals surface area contributed by atoms with Gasteiger partial charge in [-0.05, 0) is 73.3 Å². The summed E-state index contributed by atoms with van der Waals surface area (Å²) >= 11 is 0. The molecule has 0 amide bonds. The summed E-state index contributed by atoms with van der Waals surface area (Å²) < 4.78 is 0. The van der Waals surface area contributed by atoms with Gasteiger partial charge >= 0.3 is 0 Å². The van der Waals surface area contributed by atoms with Gasteiger partial charge in [-0.25, -0.2) is 0 Å². The van der Waals surface area contributed by atoms with Gasteiger partial charge in [0.05, 0.1) is 0 Å². The van der Waals surface area contributed by atoms with Crippen molar-refractivity contribution in [1.29, 1.82) is 0 Å². The van der Waals surface area contributed by atoms with E-state index in [0.29, 0.717) is 5.41 Å². The van der Waals surface area contributed by atoms with E-state index in [9.17, 15) is 0 Å². The van der Waals surface area contributed by atoms with Gasteiger partial charge < -0.3 is 10.3 Å². The van der Waals surface area contributed by atoms with Gasteiger partial charge in [-0.1, -0.05) is 0 Å². The molecule has 4 saturated carbocycles. The summed E-state index contributed by atoms with van der Waals surface area (Å²) in [5, 5.41) is 3.67. The lowest BCUT2D eigenvalue weighted by Gasteiger charge is -2.60. The maximum atomic E-state index is 3.67. The van der Waals surface area contributed by atoms with E-state index in [-0.39, 0.29) is 0 Å². The topological polar surface area (TPSA) is 27.8 Å². The van der Waals surface area contributed by atoms with Gasteiger partial charge in [-0.15, -0.1) is 0 Å². The zero-order valence-corrected chi connectivity index (χ0v) is 11.6. The summed E-state index contributed by atoms with van der Waals surface area (Å²) in [7, 11) is 0. The Kier molecular flexibility index (Phi) is 2.11. The molecule has 5 aliphatic rings. The zero-order valence-electron chi connectivity index (χ0n) is 11.6. The average molecular weight is 256 g/mol. The number of H-pyrrole nitrogens is 1. The van der Waals surface area contributed by atoms with E-state index in [4.69, 9.17) is 0 Å². The third-order valence-electron chi connectivity index (χ3n) is 6.72. The highest BCUT2D eigenvalue weighted by Gasteiger charge is 2.54. The average Bonchev–Trinajstić information content (AvgIpc) is 2.84. The molecule has 6 rings (SSSR count). The normalized spacial score (nSPS) is 47.4. The number of aromatic nitrogens is 1. The van der Waals surface area contributed by atoms with E-state index in [0.717, 1.165) is 30.2 Å². The first-order valence-corrected chi connectivity index (χ1v) is 8.19. The van der Waals surface area contributed by atoms with E-state index in [1.807, 2.05) is 0 Å². The Balaban J connectivity index is 1.57. The molecule has 1 aromatic rings. The molecule has 1 unspecified atom stereocenters. The molecule has 4 fully saturated rings. The van der Waals surface area contributed by atoms with Crippen LogP contribution in [0.15, 0.2) is 12.3 Å². The Morgan fingerprint density at radius 1 is 1.00 bits per heavy atom. The number of rotatable bonds is 1. The smallest absolute Gasteiger partial charge is 0.0360 e. The fourth-order valence-electron chi connectivity index (χ4n) is 6.50. The molecule has 0 saturated heterocycles. The lowest BCUT2D eigenvalue weighted by Crippen LogP contribution is -2.51. The van der Waals surface area contributed by atoms with Crippen LogP contribution in [0.25, 0.3) is 0 Å². The van der Waals surface area contributed by atoms with E-state index in [1.165, 1.54) is 31.5 Å². The van der Waals surface area contributed by atoms with Crippen molar-refractivity contribution in [2.24, 2.45) is 23.2 Å². The number of nitrogens with one attached hydrogen (secondary N) is 2. The molecule has 0 spiro atoms. The summed E-state index contributed by atoms with van der Waals surface area (Å²) in [5.41, 5.74) is 3.77. The Hall–Kier alpha value is -0.760. The molecule has 4 aliphatic carbocycles. The summed E-state index contributed by atoms with van der Waals surface area (Å²) in [4.78, 5) is 3.46. The lowest BCUT2D eigenvalue weighted by molar-refractivity contribution is -0.0695. The van der Waals surface area contributed by atoms with Crippen LogP contribution in [0.1, 0.15) is 55.7 Å². The van der Waals surface area contributed by atoms with Crippen LogP contribution in [0.5, 0.6) is 0 Å². The summed E-state index contributed by atoms with van der Waals surface area (Å²) in [5.74, 6) is 3.98. The van der Waals surface area contributed by atoms with Crippen molar-refractivity contribution in [3.63, 3.8) is 0 Å². The van der Waals surface area contributed by atoms with Gasteiger partial charge in [0.1, 0.15) is 0 Å². The molecule has 102 valence electrons. The van der Waals surface area contributed by atoms with Crippen LogP contribution in [0, 0.1) is 23.2 Å². The molecule has 2 N–H and O–H groups in total. The zero-order chi connectivity index (χ0) is 12.4. The Morgan fingerprint density at radius 3 is 2.37 bits per heavy atom. The van der Waals surface area contributed by atoms with Gasteiger partial charge in [-0.3, -0.25) is 0 Å².